The Balaban J connectivity index is 2.48. The van der Waals surface area contributed by atoms with Gasteiger partial charge in [0.25, 0.3) is 5.56 Å². The summed E-state index contributed by atoms with van der Waals surface area (Å²) in [6.45, 7) is 10.1. The molecule has 0 radical (unpaired) electrons. The maximum absolute atomic E-state index is 13.6. The summed E-state index contributed by atoms with van der Waals surface area (Å²) < 4.78 is 1.71. The van der Waals surface area contributed by atoms with Crippen molar-refractivity contribution in [2.75, 3.05) is 0 Å². The average Bonchev–Trinajstić information content (AvgIpc) is 2.73. The molecule has 32 heavy (non-hydrogen) atoms. The molecule has 0 unspecified atom stereocenters. The number of hydrogen-bond acceptors (Lipinski definition) is 3. The summed E-state index contributed by atoms with van der Waals surface area (Å²) in [6.07, 6.45) is -0.298. The summed E-state index contributed by atoms with van der Waals surface area (Å²) >= 11 is 0. The maximum Gasteiger partial charge on any atom is 0.408 e. The monoisotopic (exact) mass is 434 g/mol. The topological polar surface area (TPSA) is 79.6 Å². The van der Waals surface area contributed by atoms with E-state index in [2.05, 4.69) is 0 Å². The van der Waals surface area contributed by atoms with E-state index < -0.39 is 11.6 Å². The zero-order valence-corrected chi connectivity index (χ0v) is 19.3. The van der Waals surface area contributed by atoms with Crippen molar-refractivity contribution < 1.29 is 14.7 Å². The molecular weight excluding hydrogens is 404 g/mol. The van der Waals surface area contributed by atoms with Crippen molar-refractivity contribution in [3.63, 3.8) is 0 Å². The molecular formula is C26H30N2O4. The van der Waals surface area contributed by atoms with Gasteiger partial charge in [-0.15, -0.1) is 0 Å². The molecule has 1 N–H and O–H groups in total. The lowest BCUT2D eigenvalue weighted by Gasteiger charge is -2.35. The van der Waals surface area contributed by atoms with E-state index in [4.69, 9.17) is 0 Å². The third-order valence-corrected chi connectivity index (χ3v) is 5.50. The van der Waals surface area contributed by atoms with Gasteiger partial charge in [-0.1, -0.05) is 50.2 Å². The molecule has 1 amide bonds. The minimum Gasteiger partial charge on any atom is -0.465 e. The van der Waals surface area contributed by atoms with E-state index in [9.17, 15) is 19.5 Å². The van der Waals surface area contributed by atoms with Crippen LogP contribution in [0.3, 0.4) is 0 Å². The first-order valence-corrected chi connectivity index (χ1v) is 10.7. The van der Waals surface area contributed by atoms with Crippen LogP contribution < -0.4 is 5.56 Å². The lowest BCUT2D eigenvalue weighted by Crippen LogP contribution is -2.45. The van der Waals surface area contributed by atoms with Gasteiger partial charge in [-0.05, 0) is 49.8 Å². The van der Waals surface area contributed by atoms with Gasteiger partial charge in [-0.25, -0.2) is 4.79 Å². The molecule has 3 aromatic rings. The van der Waals surface area contributed by atoms with E-state index in [0.717, 1.165) is 17.4 Å². The number of aromatic nitrogens is 1. The number of carbonyl (C=O) groups excluding carboxylic acids is 1. The average molecular weight is 435 g/mol. The molecule has 6 heteroatoms. The molecule has 168 valence electrons. The fourth-order valence-electron chi connectivity index (χ4n) is 3.98. The van der Waals surface area contributed by atoms with E-state index in [0.29, 0.717) is 28.6 Å². The van der Waals surface area contributed by atoms with Gasteiger partial charge >= 0.3 is 6.09 Å². The Morgan fingerprint density at radius 3 is 2.28 bits per heavy atom. The molecule has 0 bridgehead atoms. The van der Waals surface area contributed by atoms with Gasteiger partial charge in [-0.3, -0.25) is 14.5 Å². The Labute approximate surface area is 188 Å². The highest BCUT2D eigenvalue weighted by Gasteiger charge is 2.29. The Bertz CT molecular complexity index is 1200. The molecule has 0 aliphatic carbocycles. The zero-order chi connectivity index (χ0) is 23.6. The second-order valence-corrected chi connectivity index (χ2v) is 9.46. The lowest BCUT2D eigenvalue weighted by molar-refractivity contribution is 0.0937. The molecule has 1 aromatic heterocycles. The van der Waals surface area contributed by atoms with Crippen LogP contribution >= 0.6 is 0 Å². The van der Waals surface area contributed by atoms with Crippen molar-refractivity contribution in [1.29, 1.82) is 0 Å². The first-order chi connectivity index (χ1) is 15.0. The van der Waals surface area contributed by atoms with Gasteiger partial charge in [0.05, 0.1) is 6.54 Å². The van der Waals surface area contributed by atoms with Crippen molar-refractivity contribution >= 4 is 23.2 Å². The molecule has 0 aliphatic rings. The first-order valence-electron chi connectivity index (χ1n) is 10.7. The summed E-state index contributed by atoms with van der Waals surface area (Å²) in [6, 6.07) is 14.7. The van der Waals surface area contributed by atoms with Crippen LogP contribution in [0, 0.1) is 5.92 Å². The Morgan fingerprint density at radius 2 is 1.75 bits per heavy atom. The van der Waals surface area contributed by atoms with Crippen LogP contribution in [-0.4, -0.2) is 32.5 Å². The fourth-order valence-corrected chi connectivity index (χ4v) is 3.98. The fraction of sp³-hybridized carbons (Fsp3) is 0.346. The van der Waals surface area contributed by atoms with Gasteiger partial charge in [0, 0.05) is 34.3 Å². The van der Waals surface area contributed by atoms with Crippen LogP contribution in [0.4, 0.5) is 4.79 Å². The van der Waals surface area contributed by atoms with Gasteiger partial charge in [0.15, 0.2) is 0 Å². The minimum atomic E-state index is -1.05. The van der Waals surface area contributed by atoms with Crippen LogP contribution in [-0.2, 0) is 13.1 Å². The quantitative estimate of drug-likeness (QED) is 0.526. The summed E-state index contributed by atoms with van der Waals surface area (Å²) in [5, 5.41) is 11.1. The highest BCUT2D eigenvalue weighted by Crippen LogP contribution is 2.33. The number of benzene rings is 2. The number of amides is 1. The molecule has 0 spiro atoms. The Morgan fingerprint density at radius 1 is 1.09 bits per heavy atom. The third-order valence-electron chi connectivity index (χ3n) is 5.50. The summed E-state index contributed by atoms with van der Waals surface area (Å²) in [5.41, 5.74) is 1.89. The van der Waals surface area contributed by atoms with E-state index in [1.165, 1.54) is 4.90 Å². The van der Waals surface area contributed by atoms with Crippen LogP contribution in [0.1, 0.15) is 50.7 Å². The van der Waals surface area contributed by atoms with Crippen LogP contribution in [0.2, 0.25) is 0 Å². The number of carbonyl (C=O) groups is 2. The summed E-state index contributed by atoms with van der Waals surface area (Å²) in [5.74, 6) is 0.176. The Hall–Kier alpha value is -3.41. The minimum absolute atomic E-state index is 0.0479. The largest absolute Gasteiger partial charge is 0.465 e. The number of carboxylic acid groups (broad SMARTS) is 1. The van der Waals surface area contributed by atoms with Gasteiger partial charge in [0.1, 0.15) is 6.29 Å². The predicted octanol–water partition coefficient (Wildman–Crippen LogP) is 5.42. The van der Waals surface area contributed by atoms with Crippen molar-refractivity contribution in [3.05, 3.63) is 70.1 Å². The number of nitrogens with zero attached hydrogens (tertiary/aromatic N) is 2. The number of rotatable bonds is 6. The molecule has 0 fully saturated rings. The molecule has 1 heterocycles. The smallest absolute Gasteiger partial charge is 0.408 e. The molecule has 2 aromatic carbocycles. The van der Waals surface area contributed by atoms with Crippen molar-refractivity contribution in [1.82, 2.24) is 9.47 Å². The summed E-state index contributed by atoms with van der Waals surface area (Å²) in [7, 11) is 0. The van der Waals surface area contributed by atoms with E-state index in [1.807, 2.05) is 65.0 Å². The molecule has 3 rings (SSSR count). The predicted molar refractivity (Wildman–Crippen MR) is 127 cm³/mol. The maximum atomic E-state index is 13.6. The van der Waals surface area contributed by atoms with Crippen molar-refractivity contribution in [3.8, 4) is 11.1 Å². The number of aldehydes is 1. The second kappa shape index (κ2) is 8.99. The SMILES string of the molecule is CC(C)Cn1c(CN(C(=O)O)C(C)(C)C)c(-c2ccccc2)c2cc(C=O)ccc2c1=O. The highest BCUT2D eigenvalue weighted by atomic mass is 16.4. The van der Waals surface area contributed by atoms with Gasteiger partial charge < -0.3 is 9.67 Å². The first kappa shape index (κ1) is 23.3. The number of hydrogen-bond donors (Lipinski definition) is 1. The van der Waals surface area contributed by atoms with Crippen molar-refractivity contribution in [2.45, 2.75) is 53.2 Å². The molecule has 0 saturated carbocycles. The van der Waals surface area contributed by atoms with Crippen molar-refractivity contribution in [2.24, 2.45) is 5.92 Å². The van der Waals surface area contributed by atoms with Crippen LogP contribution in [0.25, 0.3) is 21.9 Å². The molecule has 0 atom stereocenters. The zero-order valence-electron chi connectivity index (χ0n) is 19.3. The van der Waals surface area contributed by atoms with E-state index in [1.54, 1.807) is 22.8 Å². The van der Waals surface area contributed by atoms with E-state index >= 15 is 0 Å². The number of pyridine rings is 1. The third kappa shape index (κ3) is 4.59. The summed E-state index contributed by atoms with van der Waals surface area (Å²) in [4.78, 5) is 38.6. The lowest BCUT2D eigenvalue weighted by atomic mass is 9.94. The normalized spacial score (nSPS) is 11.7. The molecule has 0 saturated heterocycles. The van der Waals surface area contributed by atoms with Crippen LogP contribution in [0.15, 0.2) is 53.3 Å². The van der Waals surface area contributed by atoms with Gasteiger partial charge in [0.2, 0.25) is 0 Å². The molecule has 0 aliphatic heterocycles. The highest BCUT2D eigenvalue weighted by molar-refractivity contribution is 6.00. The van der Waals surface area contributed by atoms with Gasteiger partial charge in [-0.2, -0.15) is 0 Å². The number of fused-ring (bicyclic) bond motifs is 1. The standard InChI is InChI=1S/C26H30N2O4/c1-17(2)14-27-22(15-28(25(31)32)26(3,4)5)23(19-9-7-6-8-10-19)21-13-18(16-29)11-12-20(21)24(27)30/h6-13,16-17H,14-15H2,1-5H3,(H,31,32). The molecule has 6 nitrogen and oxygen atoms in total. The van der Waals surface area contributed by atoms with Crippen LogP contribution in [0.5, 0.6) is 0 Å². The Kier molecular flexibility index (Phi) is 6.53. The second-order valence-electron chi connectivity index (χ2n) is 9.46. The van der Waals surface area contributed by atoms with E-state index in [-0.39, 0.29) is 18.0 Å².